The smallest absolute Gasteiger partial charge is 0.00666 e. The molecule has 0 N–H and O–H groups in total. The van der Waals surface area contributed by atoms with Gasteiger partial charge in [0.25, 0.3) is 0 Å². The second-order valence-electron chi connectivity index (χ2n) is 6.54. The lowest BCUT2D eigenvalue weighted by molar-refractivity contribution is 0.485. The maximum Gasteiger partial charge on any atom is -0.00666 e. The largest absolute Gasteiger partial charge is 0.0825 e. The van der Waals surface area contributed by atoms with E-state index in [1.165, 1.54) is 11.1 Å². The molecule has 0 amide bonds. The summed E-state index contributed by atoms with van der Waals surface area (Å²) in [7, 11) is 0. The van der Waals surface area contributed by atoms with Crippen LogP contribution in [0.1, 0.15) is 53.5 Å². The van der Waals surface area contributed by atoms with E-state index in [-0.39, 0.29) is 5.41 Å². The van der Waals surface area contributed by atoms with Gasteiger partial charge in [-0.3, -0.25) is 0 Å². The van der Waals surface area contributed by atoms with Crippen LogP contribution in [0.4, 0.5) is 0 Å². The highest BCUT2D eigenvalue weighted by Gasteiger charge is 2.20. The third-order valence-electron chi connectivity index (χ3n) is 3.88. The molecule has 0 saturated carbocycles. The van der Waals surface area contributed by atoms with Gasteiger partial charge in [-0.05, 0) is 36.2 Å². The van der Waals surface area contributed by atoms with Gasteiger partial charge in [0.15, 0.2) is 0 Å². The van der Waals surface area contributed by atoms with Gasteiger partial charge >= 0.3 is 0 Å². The lowest BCUT2D eigenvalue weighted by Gasteiger charge is -2.26. The number of rotatable bonds is 5. The first-order valence-corrected chi connectivity index (χ1v) is 7.06. The third-order valence-corrected chi connectivity index (χ3v) is 3.88. The topological polar surface area (TPSA) is 0 Å². The molecule has 0 aliphatic heterocycles. The van der Waals surface area contributed by atoms with Crippen molar-refractivity contribution in [3.05, 3.63) is 47.5 Å². The van der Waals surface area contributed by atoms with Crippen molar-refractivity contribution in [3.63, 3.8) is 0 Å². The van der Waals surface area contributed by atoms with Crippen LogP contribution in [0.2, 0.25) is 0 Å². The van der Waals surface area contributed by atoms with E-state index >= 15 is 0 Å². The molecule has 100 valence electrons. The molecule has 0 radical (unpaired) electrons. The first-order valence-electron chi connectivity index (χ1n) is 7.06. The van der Waals surface area contributed by atoms with Crippen LogP contribution in [0, 0.1) is 11.8 Å². The van der Waals surface area contributed by atoms with Gasteiger partial charge < -0.3 is 0 Å². The average molecular weight is 244 g/mol. The van der Waals surface area contributed by atoms with Gasteiger partial charge in [0.05, 0.1) is 0 Å². The van der Waals surface area contributed by atoms with Crippen molar-refractivity contribution < 1.29 is 0 Å². The monoisotopic (exact) mass is 244 g/mol. The highest BCUT2D eigenvalue weighted by atomic mass is 14.2. The van der Waals surface area contributed by atoms with Crippen molar-refractivity contribution in [3.8, 4) is 0 Å². The number of hydrogen-bond donors (Lipinski definition) is 0. The molecule has 0 aliphatic carbocycles. The number of allylic oxidation sites excluding steroid dienone is 2. The summed E-state index contributed by atoms with van der Waals surface area (Å²) >= 11 is 0. The molecule has 1 unspecified atom stereocenters. The molecule has 0 saturated heterocycles. The summed E-state index contributed by atoms with van der Waals surface area (Å²) in [6.45, 7) is 13.8. The minimum absolute atomic E-state index is 0.221. The van der Waals surface area contributed by atoms with Crippen molar-refractivity contribution in [1.29, 1.82) is 0 Å². The van der Waals surface area contributed by atoms with E-state index < -0.39 is 0 Å². The second-order valence-corrected chi connectivity index (χ2v) is 6.54. The van der Waals surface area contributed by atoms with Crippen LogP contribution in [0.3, 0.4) is 0 Å². The van der Waals surface area contributed by atoms with Crippen molar-refractivity contribution in [2.24, 2.45) is 11.8 Å². The van der Waals surface area contributed by atoms with Gasteiger partial charge in [-0.2, -0.15) is 0 Å². The Bertz CT molecular complexity index is 382. The van der Waals surface area contributed by atoms with Crippen LogP contribution in [0.5, 0.6) is 0 Å². The Hall–Kier alpha value is -1.04. The molecule has 1 atom stereocenters. The first-order chi connectivity index (χ1) is 8.33. The van der Waals surface area contributed by atoms with Gasteiger partial charge in [-0.15, -0.1) is 0 Å². The Morgan fingerprint density at radius 2 is 1.67 bits per heavy atom. The Balaban J connectivity index is 2.77. The standard InChI is InChI=1S/C18H28/c1-14(2)16(4)12-15(3)13-18(5,6)17-10-8-7-9-11-17/h7-12,14,16H,13H2,1-6H3/b15-12+. The number of hydrogen-bond acceptors (Lipinski definition) is 0. The zero-order valence-corrected chi connectivity index (χ0v) is 12.8. The van der Waals surface area contributed by atoms with Crippen molar-refractivity contribution in [1.82, 2.24) is 0 Å². The van der Waals surface area contributed by atoms with E-state index in [0.29, 0.717) is 5.92 Å². The molecule has 1 rings (SSSR count). The zero-order chi connectivity index (χ0) is 13.8. The predicted molar refractivity (Wildman–Crippen MR) is 81.8 cm³/mol. The van der Waals surface area contributed by atoms with Gasteiger partial charge in [0.2, 0.25) is 0 Å². The second kappa shape index (κ2) is 6.22. The Morgan fingerprint density at radius 3 is 2.17 bits per heavy atom. The van der Waals surface area contributed by atoms with Crippen LogP contribution in [-0.2, 0) is 5.41 Å². The highest BCUT2D eigenvalue weighted by molar-refractivity contribution is 5.25. The summed E-state index contributed by atoms with van der Waals surface area (Å²) in [6, 6.07) is 10.8. The van der Waals surface area contributed by atoms with E-state index in [2.05, 4.69) is 78.0 Å². The quantitative estimate of drug-likeness (QED) is 0.592. The molecule has 0 heteroatoms. The fourth-order valence-corrected chi connectivity index (χ4v) is 2.39. The van der Waals surface area contributed by atoms with Crippen LogP contribution >= 0.6 is 0 Å². The van der Waals surface area contributed by atoms with Crippen molar-refractivity contribution in [2.75, 3.05) is 0 Å². The molecule has 0 aromatic heterocycles. The van der Waals surface area contributed by atoms with Crippen LogP contribution in [0.15, 0.2) is 42.0 Å². The molecule has 0 heterocycles. The molecule has 1 aromatic carbocycles. The van der Waals surface area contributed by atoms with Crippen LogP contribution < -0.4 is 0 Å². The third kappa shape index (κ3) is 4.33. The van der Waals surface area contributed by atoms with E-state index in [1.807, 2.05) is 0 Å². The summed E-state index contributed by atoms with van der Waals surface area (Å²) in [5.41, 5.74) is 3.15. The minimum Gasteiger partial charge on any atom is -0.0825 e. The fourth-order valence-electron chi connectivity index (χ4n) is 2.39. The van der Waals surface area contributed by atoms with E-state index in [4.69, 9.17) is 0 Å². The maximum absolute atomic E-state index is 2.44. The van der Waals surface area contributed by atoms with Crippen molar-refractivity contribution in [2.45, 2.75) is 53.4 Å². The highest BCUT2D eigenvalue weighted by Crippen LogP contribution is 2.30. The summed E-state index contributed by atoms with van der Waals surface area (Å²) in [5, 5.41) is 0. The molecule has 18 heavy (non-hydrogen) atoms. The molecule has 1 aromatic rings. The van der Waals surface area contributed by atoms with Crippen LogP contribution in [0.25, 0.3) is 0 Å². The van der Waals surface area contributed by atoms with E-state index in [1.54, 1.807) is 0 Å². The molecular formula is C18H28. The molecule has 0 nitrogen and oxygen atoms in total. The molecular weight excluding hydrogens is 216 g/mol. The Kier molecular flexibility index (Phi) is 5.19. The lowest BCUT2D eigenvalue weighted by Crippen LogP contribution is -2.17. The SMILES string of the molecule is C/C(=C\C(C)C(C)C)CC(C)(C)c1ccccc1. The fraction of sp³-hybridized carbons (Fsp3) is 0.556. The average Bonchev–Trinajstić information content (AvgIpc) is 2.29. The zero-order valence-electron chi connectivity index (χ0n) is 12.8. The summed E-state index contributed by atoms with van der Waals surface area (Å²) in [6.07, 6.45) is 3.57. The molecule has 0 bridgehead atoms. The first kappa shape index (κ1) is 15.0. The van der Waals surface area contributed by atoms with Gasteiger partial charge in [-0.1, -0.05) is 76.6 Å². The van der Waals surface area contributed by atoms with Crippen molar-refractivity contribution >= 4 is 0 Å². The Morgan fingerprint density at radius 1 is 1.11 bits per heavy atom. The normalized spacial score (nSPS) is 14.9. The predicted octanol–water partition coefficient (Wildman–Crippen LogP) is 5.59. The van der Waals surface area contributed by atoms with Gasteiger partial charge in [0, 0.05) is 0 Å². The summed E-state index contributed by atoms with van der Waals surface area (Å²) < 4.78 is 0. The van der Waals surface area contributed by atoms with Crippen LogP contribution in [-0.4, -0.2) is 0 Å². The maximum atomic E-state index is 2.44. The Labute approximate surface area is 113 Å². The summed E-state index contributed by atoms with van der Waals surface area (Å²) in [4.78, 5) is 0. The van der Waals surface area contributed by atoms with Gasteiger partial charge in [0.1, 0.15) is 0 Å². The van der Waals surface area contributed by atoms with Gasteiger partial charge in [-0.25, -0.2) is 0 Å². The molecule has 0 aliphatic rings. The van der Waals surface area contributed by atoms with E-state index in [9.17, 15) is 0 Å². The minimum atomic E-state index is 0.221. The number of benzene rings is 1. The molecule has 0 fully saturated rings. The lowest BCUT2D eigenvalue weighted by atomic mass is 9.78. The summed E-state index contributed by atoms with van der Waals surface area (Å²) in [5.74, 6) is 1.39. The molecule has 0 spiro atoms. The van der Waals surface area contributed by atoms with E-state index in [0.717, 1.165) is 12.3 Å².